The van der Waals surface area contributed by atoms with Gasteiger partial charge in [0.25, 0.3) is 0 Å². The van der Waals surface area contributed by atoms with Gasteiger partial charge in [-0.25, -0.2) is 0 Å². The van der Waals surface area contributed by atoms with Crippen molar-refractivity contribution in [2.45, 2.75) is 18.6 Å². The zero-order valence-corrected chi connectivity index (χ0v) is 13.9. The number of β-amino-alcohol motifs (C(OH)–C–C–N with tert-alkyl or cyclic N) is 1. The second-order valence-corrected chi connectivity index (χ2v) is 6.33. The van der Waals surface area contributed by atoms with Gasteiger partial charge in [0.2, 0.25) is 5.91 Å². The first-order valence-corrected chi connectivity index (χ1v) is 8.16. The van der Waals surface area contributed by atoms with Gasteiger partial charge in [-0.3, -0.25) is 14.7 Å². The Morgan fingerprint density at radius 1 is 1.38 bits per heavy atom. The van der Waals surface area contributed by atoms with Crippen LogP contribution in [0.25, 0.3) is 10.9 Å². The lowest BCUT2D eigenvalue weighted by Crippen LogP contribution is -2.47. The third-order valence-electron chi connectivity index (χ3n) is 4.25. The van der Waals surface area contributed by atoms with Crippen molar-refractivity contribution in [3.05, 3.63) is 42.1 Å². The van der Waals surface area contributed by atoms with Gasteiger partial charge in [0.15, 0.2) is 0 Å². The molecule has 1 saturated heterocycles. The third-order valence-corrected chi connectivity index (χ3v) is 4.25. The molecule has 1 aromatic carbocycles. The van der Waals surface area contributed by atoms with Gasteiger partial charge < -0.3 is 15.2 Å². The molecule has 0 aliphatic carbocycles. The Labute approximate surface area is 141 Å². The highest BCUT2D eigenvalue weighted by atomic mass is 16.5. The van der Waals surface area contributed by atoms with Gasteiger partial charge >= 0.3 is 0 Å². The summed E-state index contributed by atoms with van der Waals surface area (Å²) in [6.45, 7) is 2.40. The van der Waals surface area contributed by atoms with Crippen LogP contribution in [0, 0.1) is 0 Å². The number of ether oxygens (including phenoxy) is 1. The van der Waals surface area contributed by atoms with Crippen LogP contribution in [0.2, 0.25) is 0 Å². The Bertz CT molecular complexity index is 721. The molecule has 0 spiro atoms. The third kappa shape index (κ3) is 4.08. The standard InChI is InChI=1S/C18H23N3O3/c1-19-17(22)10-18(23)12-21(8-9-24-13-18)11-15-7-6-14-4-2-3-5-16(14)20-15/h2-7,23H,8-13H2,1H3,(H,19,22)/t18-/m0/s1. The van der Waals surface area contributed by atoms with E-state index in [9.17, 15) is 9.90 Å². The van der Waals surface area contributed by atoms with Crippen LogP contribution in [0.3, 0.4) is 0 Å². The second kappa shape index (κ2) is 7.25. The Kier molecular flexibility index (Phi) is 5.08. The molecule has 1 aliphatic heterocycles. The zero-order valence-electron chi connectivity index (χ0n) is 13.9. The molecule has 24 heavy (non-hydrogen) atoms. The Morgan fingerprint density at radius 2 is 2.21 bits per heavy atom. The molecule has 1 aromatic heterocycles. The van der Waals surface area contributed by atoms with E-state index >= 15 is 0 Å². The second-order valence-electron chi connectivity index (χ2n) is 6.33. The van der Waals surface area contributed by atoms with Gasteiger partial charge in [0.05, 0.1) is 30.8 Å². The average Bonchev–Trinajstić information content (AvgIpc) is 2.76. The predicted molar refractivity (Wildman–Crippen MR) is 91.5 cm³/mol. The first kappa shape index (κ1) is 16.8. The van der Waals surface area contributed by atoms with Crippen molar-refractivity contribution >= 4 is 16.8 Å². The van der Waals surface area contributed by atoms with Crippen molar-refractivity contribution in [1.82, 2.24) is 15.2 Å². The summed E-state index contributed by atoms with van der Waals surface area (Å²) in [6.07, 6.45) is 0.0329. The van der Waals surface area contributed by atoms with Crippen molar-refractivity contribution in [2.24, 2.45) is 0 Å². The van der Waals surface area contributed by atoms with Crippen molar-refractivity contribution in [2.75, 3.05) is 33.4 Å². The molecule has 2 heterocycles. The van der Waals surface area contributed by atoms with E-state index in [2.05, 4.69) is 21.3 Å². The SMILES string of the molecule is CNC(=O)C[C@@]1(O)COCCN(Cc2ccc3ccccc3n2)C1. The summed E-state index contributed by atoms with van der Waals surface area (Å²) in [6, 6.07) is 12.1. The summed E-state index contributed by atoms with van der Waals surface area (Å²) in [5, 5.41) is 14.4. The summed E-state index contributed by atoms with van der Waals surface area (Å²) in [7, 11) is 1.57. The Morgan fingerprint density at radius 3 is 3.04 bits per heavy atom. The van der Waals surface area contributed by atoms with Crippen LogP contribution in [0.1, 0.15) is 12.1 Å². The molecule has 0 bridgehead atoms. The van der Waals surface area contributed by atoms with Crippen LogP contribution in [-0.4, -0.2) is 59.8 Å². The van der Waals surface area contributed by atoms with E-state index in [1.807, 2.05) is 30.3 Å². The fourth-order valence-electron chi connectivity index (χ4n) is 3.05. The number of aromatic nitrogens is 1. The molecule has 0 unspecified atom stereocenters. The van der Waals surface area contributed by atoms with Gasteiger partial charge in [-0.15, -0.1) is 0 Å². The molecule has 0 saturated carbocycles. The lowest BCUT2D eigenvalue weighted by atomic mass is 9.99. The summed E-state index contributed by atoms with van der Waals surface area (Å²) < 4.78 is 5.50. The van der Waals surface area contributed by atoms with Crippen molar-refractivity contribution in [3.63, 3.8) is 0 Å². The maximum Gasteiger partial charge on any atom is 0.222 e. The molecule has 6 nitrogen and oxygen atoms in total. The summed E-state index contributed by atoms with van der Waals surface area (Å²) in [5.74, 6) is -0.188. The monoisotopic (exact) mass is 329 g/mol. The molecule has 128 valence electrons. The highest BCUT2D eigenvalue weighted by Crippen LogP contribution is 2.19. The first-order valence-electron chi connectivity index (χ1n) is 8.16. The van der Waals surface area contributed by atoms with Gasteiger partial charge in [-0.1, -0.05) is 24.3 Å². The van der Waals surface area contributed by atoms with Crippen LogP contribution >= 0.6 is 0 Å². The molecular formula is C18H23N3O3. The number of carbonyl (C=O) groups is 1. The number of aliphatic hydroxyl groups is 1. The number of amides is 1. The van der Waals surface area contributed by atoms with E-state index in [4.69, 9.17) is 4.74 Å². The smallest absolute Gasteiger partial charge is 0.222 e. The predicted octanol–water partition coefficient (Wildman–Crippen LogP) is 0.934. The molecule has 2 aromatic rings. The van der Waals surface area contributed by atoms with Gasteiger partial charge in [0, 0.05) is 32.1 Å². The Balaban J connectivity index is 1.73. The normalized spacial score (nSPS) is 22.2. The highest BCUT2D eigenvalue weighted by molar-refractivity contribution is 5.78. The van der Waals surface area contributed by atoms with Crippen molar-refractivity contribution in [3.8, 4) is 0 Å². The number of rotatable bonds is 4. The minimum absolute atomic E-state index is 0.0329. The van der Waals surface area contributed by atoms with Gasteiger partial charge in [0.1, 0.15) is 5.60 Å². The molecule has 6 heteroatoms. The van der Waals surface area contributed by atoms with Crippen LogP contribution in [-0.2, 0) is 16.1 Å². The number of benzene rings is 1. The zero-order chi connectivity index (χ0) is 17.0. The number of para-hydroxylation sites is 1. The molecule has 1 aliphatic rings. The molecule has 1 amide bonds. The lowest BCUT2D eigenvalue weighted by Gasteiger charge is -2.30. The van der Waals surface area contributed by atoms with Crippen molar-refractivity contribution in [1.29, 1.82) is 0 Å². The number of hydrogen-bond acceptors (Lipinski definition) is 5. The lowest BCUT2D eigenvalue weighted by molar-refractivity contribution is -0.128. The Hall–Kier alpha value is -2.02. The summed E-state index contributed by atoms with van der Waals surface area (Å²) in [5.41, 5.74) is 0.729. The molecule has 2 N–H and O–H groups in total. The number of nitrogens with zero attached hydrogens (tertiary/aromatic N) is 2. The summed E-state index contributed by atoms with van der Waals surface area (Å²) in [4.78, 5) is 18.4. The number of carbonyl (C=O) groups excluding carboxylic acids is 1. The fourth-order valence-corrected chi connectivity index (χ4v) is 3.05. The van der Waals surface area contributed by atoms with E-state index in [-0.39, 0.29) is 18.9 Å². The number of pyridine rings is 1. The fraction of sp³-hybridized carbons (Fsp3) is 0.444. The first-order chi connectivity index (χ1) is 11.6. The molecular weight excluding hydrogens is 306 g/mol. The number of hydrogen-bond donors (Lipinski definition) is 2. The van der Waals surface area contributed by atoms with Crippen molar-refractivity contribution < 1.29 is 14.6 Å². The minimum Gasteiger partial charge on any atom is -0.386 e. The van der Waals surface area contributed by atoms with Crippen LogP contribution in [0.5, 0.6) is 0 Å². The summed E-state index contributed by atoms with van der Waals surface area (Å²) >= 11 is 0. The van der Waals surface area contributed by atoms with Crippen LogP contribution in [0.4, 0.5) is 0 Å². The largest absolute Gasteiger partial charge is 0.386 e. The van der Waals surface area contributed by atoms with E-state index in [1.54, 1.807) is 7.05 Å². The maximum absolute atomic E-state index is 11.7. The van der Waals surface area contributed by atoms with E-state index in [0.717, 1.165) is 16.6 Å². The molecule has 0 radical (unpaired) electrons. The van der Waals surface area contributed by atoms with Gasteiger partial charge in [-0.05, 0) is 12.1 Å². The molecule has 1 atom stereocenters. The number of fused-ring (bicyclic) bond motifs is 1. The van der Waals surface area contributed by atoms with Crippen LogP contribution < -0.4 is 5.32 Å². The number of nitrogens with one attached hydrogen (secondary N) is 1. The quantitative estimate of drug-likeness (QED) is 0.873. The van der Waals surface area contributed by atoms with E-state index in [0.29, 0.717) is 26.2 Å². The van der Waals surface area contributed by atoms with E-state index < -0.39 is 5.60 Å². The average molecular weight is 329 g/mol. The van der Waals surface area contributed by atoms with E-state index in [1.165, 1.54) is 0 Å². The molecule has 1 fully saturated rings. The molecule has 3 rings (SSSR count). The maximum atomic E-state index is 11.7. The van der Waals surface area contributed by atoms with Crippen LogP contribution in [0.15, 0.2) is 36.4 Å². The topological polar surface area (TPSA) is 74.7 Å². The van der Waals surface area contributed by atoms with Gasteiger partial charge in [-0.2, -0.15) is 0 Å². The highest BCUT2D eigenvalue weighted by Gasteiger charge is 2.34. The minimum atomic E-state index is -1.17.